The van der Waals surface area contributed by atoms with Crippen molar-refractivity contribution in [3.8, 4) is 0 Å². The molecule has 0 unspecified atom stereocenters. The summed E-state index contributed by atoms with van der Waals surface area (Å²) < 4.78 is 26.4. The zero-order valence-electron chi connectivity index (χ0n) is 10.5. The van der Waals surface area contributed by atoms with Crippen LogP contribution < -0.4 is 5.32 Å². The van der Waals surface area contributed by atoms with Crippen molar-refractivity contribution in [1.82, 2.24) is 0 Å². The van der Waals surface area contributed by atoms with Gasteiger partial charge in [-0.05, 0) is 36.4 Å². The Kier molecular flexibility index (Phi) is 5.37. The highest BCUT2D eigenvalue weighted by atomic mass is 35.5. The highest BCUT2D eigenvalue weighted by Gasteiger charge is 2.13. The van der Waals surface area contributed by atoms with E-state index in [0.717, 1.165) is 18.2 Å². The number of amides is 1. The van der Waals surface area contributed by atoms with E-state index >= 15 is 0 Å². The van der Waals surface area contributed by atoms with Crippen molar-refractivity contribution in [3.63, 3.8) is 0 Å². The third-order valence-electron chi connectivity index (χ3n) is 2.54. The Morgan fingerprint density at radius 2 is 1.76 bits per heavy atom. The number of rotatable bonds is 3. The molecule has 0 radical (unpaired) electrons. The van der Waals surface area contributed by atoms with E-state index in [2.05, 4.69) is 5.32 Å². The van der Waals surface area contributed by atoms with E-state index in [1.165, 1.54) is 24.3 Å². The Morgan fingerprint density at radius 3 is 2.43 bits per heavy atom. The van der Waals surface area contributed by atoms with E-state index < -0.39 is 29.1 Å². The summed E-state index contributed by atoms with van der Waals surface area (Å²) in [6.07, 6.45) is 0. The van der Waals surface area contributed by atoms with Gasteiger partial charge >= 0.3 is 5.97 Å². The average molecular weight is 314 g/mol. The van der Waals surface area contributed by atoms with Crippen LogP contribution in [-0.2, 0) is 0 Å². The fraction of sp³-hybridized carbons (Fsp3) is 0. The van der Waals surface area contributed by atoms with Gasteiger partial charge in [-0.15, -0.1) is 12.4 Å². The van der Waals surface area contributed by atoms with Crippen LogP contribution in [0.15, 0.2) is 42.5 Å². The van der Waals surface area contributed by atoms with Crippen molar-refractivity contribution in [2.75, 3.05) is 5.32 Å². The van der Waals surface area contributed by atoms with Crippen molar-refractivity contribution >= 4 is 30.0 Å². The van der Waals surface area contributed by atoms with E-state index in [4.69, 9.17) is 5.11 Å². The van der Waals surface area contributed by atoms with Gasteiger partial charge < -0.3 is 10.4 Å². The van der Waals surface area contributed by atoms with Crippen LogP contribution in [0.1, 0.15) is 20.7 Å². The molecule has 0 heterocycles. The molecule has 0 saturated heterocycles. The second kappa shape index (κ2) is 6.81. The van der Waals surface area contributed by atoms with Crippen LogP contribution in [0.3, 0.4) is 0 Å². The molecule has 0 aliphatic rings. The molecule has 4 nitrogen and oxygen atoms in total. The molecule has 0 saturated carbocycles. The Labute approximate surface area is 124 Å². The molecule has 0 spiro atoms. The van der Waals surface area contributed by atoms with E-state index in [-0.39, 0.29) is 23.7 Å². The van der Waals surface area contributed by atoms with Gasteiger partial charge in [-0.3, -0.25) is 4.79 Å². The highest BCUT2D eigenvalue weighted by molar-refractivity contribution is 6.05. The summed E-state index contributed by atoms with van der Waals surface area (Å²) in [4.78, 5) is 22.6. The van der Waals surface area contributed by atoms with Crippen LogP contribution in [0, 0.1) is 11.6 Å². The van der Waals surface area contributed by atoms with Crippen molar-refractivity contribution in [2.45, 2.75) is 0 Å². The van der Waals surface area contributed by atoms with Crippen LogP contribution >= 0.6 is 12.4 Å². The molecule has 0 bridgehead atoms. The Hall–Kier alpha value is -2.47. The monoisotopic (exact) mass is 313 g/mol. The molecule has 0 aliphatic heterocycles. The number of nitrogens with one attached hydrogen (secondary N) is 1. The Morgan fingerprint density at radius 1 is 1.05 bits per heavy atom. The molecule has 0 aromatic heterocycles. The lowest BCUT2D eigenvalue weighted by Crippen LogP contribution is -2.14. The van der Waals surface area contributed by atoms with Crippen molar-refractivity contribution in [1.29, 1.82) is 0 Å². The maximum atomic E-state index is 13.4. The molecule has 2 aromatic carbocycles. The minimum atomic E-state index is -1.15. The zero-order chi connectivity index (χ0) is 14.7. The van der Waals surface area contributed by atoms with Gasteiger partial charge in [0.25, 0.3) is 5.91 Å². The van der Waals surface area contributed by atoms with E-state index in [9.17, 15) is 18.4 Å². The second-order valence-corrected chi connectivity index (χ2v) is 3.96. The van der Waals surface area contributed by atoms with Crippen molar-refractivity contribution in [2.24, 2.45) is 0 Å². The lowest BCUT2D eigenvalue weighted by molar-refractivity contribution is 0.0696. The summed E-state index contributed by atoms with van der Waals surface area (Å²) in [6.45, 7) is 0. The summed E-state index contributed by atoms with van der Waals surface area (Å²) in [5.41, 5.74) is -0.299. The molecular weight excluding hydrogens is 304 g/mol. The van der Waals surface area contributed by atoms with E-state index in [1.54, 1.807) is 0 Å². The number of halogens is 3. The highest BCUT2D eigenvalue weighted by Crippen LogP contribution is 2.15. The first-order valence-electron chi connectivity index (χ1n) is 5.57. The van der Waals surface area contributed by atoms with Gasteiger partial charge in [-0.2, -0.15) is 0 Å². The molecular formula is C14H10ClF2NO3. The normalized spacial score (nSPS) is 9.62. The number of aromatic carboxylic acids is 1. The van der Waals surface area contributed by atoms with Crippen LogP contribution in [0.25, 0.3) is 0 Å². The first kappa shape index (κ1) is 16.6. The van der Waals surface area contributed by atoms with Gasteiger partial charge in [0, 0.05) is 5.69 Å². The molecule has 2 N–H and O–H groups in total. The zero-order valence-corrected chi connectivity index (χ0v) is 11.3. The van der Waals surface area contributed by atoms with Crippen LogP contribution in [0.4, 0.5) is 14.5 Å². The van der Waals surface area contributed by atoms with Gasteiger partial charge in [-0.25, -0.2) is 13.6 Å². The lowest BCUT2D eigenvalue weighted by Gasteiger charge is -2.07. The van der Waals surface area contributed by atoms with Crippen molar-refractivity contribution < 1.29 is 23.5 Å². The molecule has 7 heteroatoms. The smallest absolute Gasteiger partial charge is 0.335 e. The summed E-state index contributed by atoms with van der Waals surface area (Å²) in [5.74, 6) is -3.61. The van der Waals surface area contributed by atoms with E-state index in [1.807, 2.05) is 0 Å². The minimum Gasteiger partial charge on any atom is -0.478 e. The standard InChI is InChI=1S/C14H9F2NO3.ClH/c15-9-4-5-12(16)11(7-9)13(18)17-10-3-1-2-8(6-10)14(19)20;/h1-7H,(H,17,18)(H,19,20);1H. The summed E-state index contributed by atoms with van der Waals surface area (Å²) in [6, 6.07) is 7.96. The van der Waals surface area contributed by atoms with Gasteiger partial charge in [-0.1, -0.05) is 6.07 Å². The topological polar surface area (TPSA) is 66.4 Å². The molecule has 2 aromatic rings. The van der Waals surface area contributed by atoms with Crippen LogP contribution in [0.5, 0.6) is 0 Å². The SMILES string of the molecule is Cl.O=C(O)c1cccc(NC(=O)c2cc(F)ccc2F)c1. The summed E-state index contributed by atoms with van der Waals surface area (Å²) in [7, 11) is 0. The Balaban J connectivity index is 0.00000220. The summed E-state index contributed by atoms with van der Waals surface area (Å²) >= 11 is 0. The number of carboxylic acid groups (broad SMARTS) is 1. The number of carbonyl (C=O) groups is 2. The first-order valence-corrected chi connectivity index (χ1v) is 5.57. The third kappa shape index (κ3) is 4.00. The van der Waals surface area contributed by atoms with Gasteiger partial charge in [0.15, 0.2) is 0 Å². The van der Waals surface area contributed by atoms with Crippen LogP contribution in [-0.4, -0.2) is 17.0 Å². The fourth-order valence-electron chi connectivity index (χ4n) is 1.60. The molecule has 21 heavy (non-hydrogen) atoms. The number of carbonyl (C=O) groups excluding carboxylic acids is 1. The van der Waals surface area contributed by atoms with Gasteiger partial charge in [0.05, 0.1) is 11.1 Å². The number of carboxylic acids is 1. The van der Waals surface area contributed by atoms with Gasteiger partial charge in [0.2, 0.25) is 0 Å². The maximum absolute atomic E-state index is 13.4. The number of anilines is 1. The Bertz CT molecular complexity index is 692. The maximum Gasteiger partial charge on any atom is 0.335 e. The predicted octanol–water partition coefficient (Wildman–Crippen LogP) is 3.34. The molecule has 0 aliphatic carbocycles. The molecule has 1 amide bonds. The summed E-state index contributed by atoms with van der Waals surface area (Å²) in [5, 5.41) is 11.1. The van der Waals surface area contributed by atoms with Crippen LogP contribution in [0.2, 0.25) is 0 Å². The fourth-order valence-corrected chi connectivity index (χ4v) is 1.60. The molecule has 110 valence electrons. The second-order valence-electron chi connectivity index (χ2n) is 3.96. The third-order valence-corrected chi connectivity index (χ3v) is 2.54. The van der Waals surface area contributed by atoms with Crippen molar-refractivity contribution in [3.05, 3.63) is 65.2 Å². The van der Waals surface area contributed by atoms with Gasteiger partial charge in [0.1, 0.15) is 11.6 Å². The minimum absolute atomic E-state index is 0. The number of hydrogen-bond donors (Lipinski definition) is 2. The first-order chi connectivity index (χ1) is 9.47. The quantitative estimate of drug-likeness (QED) is 0.913. The lowest BCUT2D eigenvalue weighted by atomic mass is 10.1. The number of hydrogen-bond acceptors (Lipinski definition) is 2. The predicted molar refractivity (Wildman–Crippen MR) is 75.0 cm³/mol. The average Bonchev–Trinajstić information content (AvgIpc) is 2.41. The van der Waals surface area contributed by atoms with E-state index in [0.29, 0.717) is 0 Å². The largest absolute Gasteiger partial charge is 0.478 e. The number of benzene rings is 2. The molecule has 2 rings (SSSR count). The molecule has 0 atom stereocenters. The molecule has 0 fully saturated rings.